The predicted octanol–water partition coefficient (Wildman–Crippen LogP) is 2.85. The van der Waals surface area contributed by atoms with Crippen LogP contribution in [0.25, 0.3) is 0 Å². The molecule has 1 N–H and O–H groups in total. The van der Waals surface area contributed by atoms with Crippen LogP contribution in [0, 0.1) is 5.92 Å². The highest BCUT2D eigenvalue weighted by Crippen LogP contribution is 2.28. The fourth-order valence-corrected chi connectivity index (χ4v) is 2.66. The van der Waals surface area contributed by atoms with Gasteiger partial charge >= 0.3 is 5.97 Å². The number of rotatable bonds is 6. The Morgan fingerprint density at radius 2 is 1.80 bits per heavy atom. The largest absolute Gasteiger partial charge is 0.459 e. The molecule has 1 atom stereocenters. The Balaban J connectivity index is 2.58. The maximum absolute atomic E-state index is 12.2. The number of Topliss-reactive ketones (excluding diaryl/α,β-unsaturated/α-hetero) is 1. The number of ether oxygens (including phenoxy) is 1. The molecule has 0 radical (unpaired) electrons. The molecule has 20 heavy (non-hydrogen) atoms. The van der Waals surface area contributed by atoms with Gasteiger partial charge in [-0.25, -0.2) is 0 Å². The number of carbonyl (C=O) groups is 2. The molecule has 0 heterocycles. The van der Waals surface area contributed by atoms with Crippen LogP contribution in [0.2, 0.25) is 0 Å². The van der Waals surface area contributed by atoms with E-state index in [1.165, 1.54) is 39.0 Å². The molecule has 0 aromatic rings. The molecule has 0 aromatic carbocycles. The quantitative estimate of drug-likeness (QED) is 0.762. The summed E-state index contributed by atoms with van der Waals surface area (Å²) < 4.78 is 5.46. The van der Waals surface area contributed by atoms with E-state index >= 15 is 0 Å². The van der Waals surface area contributed by atoms with E-state index in [2.05, 4.69) is 5.32 Å². The van der Waals surface area contributed by atoms with E-state index in [0.717, 1.165) is 6.42 Å². The van der Waals surface area contributed by atoms with Gasteiger partial charge < -0.3 is 4.74 Å². The van der Waals surface area contributed by atoms with Crippen molar-refractivity contribution in [3.05, 3.63) is 0 Å². The van der Waals surface area contributed by atoms with Crippen LogP contribution in [0.1, 0.15) is 66.2 Å². The van der Waals surface area contributed by atoms with Gasteiger partial charge in [0.2, 0.25) is 0 Å². The molecule has 1 saturated carbocycles. The van der Waals surface area contributed by atoms with Crippen molar-refractivity contribution in [1.82, 2.24) is 5.32 Å². The minimum absolute atomic E-state index is 0.0437. The minimum Gasteiger partial charge on any atom is -0.459 e. The van der Waals surface area contributed by atoms with E-state index in [-0.39, 0.29) is 24.3 Å². The number of hydrogen-bond donors (Lipinski definition) is 1. The second kappa shape index (κ2) is 7.77. The summed E-state index contributed by atoms with van der Waals surface area (Å²) in [6, 6.07) is -0.360. The van der Waals surface area contributed by atoms with Crippen LogP contribution in [0.4, 0.5) is 0 Å². The SMILES string of the molecule is CC(=O)CN[C@H](CC1CCCCC1)C(=O)OC(C)(C)C. The molecule has 4 heteroatoms. The van der Waals surface area contributed by atoms with Crippen LogP contribution in [-0.4, -0.2) is 29.9 Å². The third-order valence-electron chi connectivity index (χ3n) is 3.58. The number of carbonyl (C=O) groups excluding carboxylic acids is 2. The Labute approximate surface area is 122 Å². The average molecular weight is 283 g/mol. The Hall–Kier alpha value is -0.900. The van der Waals surface area contributed by atoms with Crippen molar-refractivity contribution in [2.24, 2.45) is 5.92 Å². The van der Waals surface area contributed by atoms with Gasteiger partial charge in [-0.1, -0.05) is 32.1 Å². The first-order valence-electron chi connectivity index (χ1n) is 7.73. The molecule has 4 nitrogen and oxygen atoms in total. The monoisotopic (exact) mass is 283 g/mol. The Morgan fingerprint density at radius 3 is 2.30 bits per heavy atom. The summed E-state index contributed by atoms with van der Waals surface area (Å²) in [5, 5.41) is 3.06. The van der Waals surface area contributed by atoms with Gasteiger partial charge in [0.1, 0.15) is 17.4 Å². The van der Waals surface area contributed by atoms with Crippen molar-refractivity contribution in [2.45, 2.75) is 77.9 Å². The number of nitrogens with one attached hydrogen (secondary N) is 1. The number of hydrogen-bond acceptors (Lipinski definition) is 4. The van der Waals surface area contributed by atoms with Gasteiger partial charge in [-0.3, -0.25) is 14.9 Å². The van der Waals surface area contributed by atoms with E-state index in [9.17, 15) is 9.59 Å². The molecule has 1 fully saturated rings. The fraction of sp³-hybridized carbons (Fsp3) is 0.875. The maximum Gasteiger partial charge on any atom is 0.323 e. The third-order valence-corrected chi connectivity index (χ3v) is 3.58. The van der Waals surface area contributed by atoms with Gasteiger partial charge in [-0.2, -0.15) is 0 Å². The molecule has 1 aliphatic carbocycles. The average Bonchev–Trinajstić information content (AvgIpc) is 2.33. The maximum atomic E-state index is 12.2. The second-order valence-electron chi connectivity index (χ2n) is 6.91. The molecule has 0 aromatic heterocycles. The molecule has 1 aliphatic rings. The summed E-state index contributed by atoms with van der Waals surface area (Å²) in [5.74, 6) is 0.382. The lowest BCUT2D eigenvalue weighted by Gasteiger charge is -2.28. The topological polar surface area (TPSA) is 55.4 Å². The van der Waals surface area contributed by atoms with E-state index in [1.807, 2.05) is 20.8 Å². The van der Waals surface area contributed by atoms with Gasteiger partial charge in [0.05, 0.1) is 6.54 Å². The lowest BCUT2D eigenvalue weighted by Crippen LogP contribution is -2.44. The molecule has 0 saturated heterocycles. The van der Waals surface area contributed by atoms with Gasteiger partial charge in [-0.15, -0.1) is 0 Å². The first-order chi connectivity index (χ1) is 9.28. The lowest BCUT2D eigenvalue weighted by molar-refractivity contribution is -0.158. The zero-order valence-corrected chi connectivity index (χ0v) is 13.3. The minimum atomic E-state index is -0.486. The van der Waals surface area contributed by atoms with Gasteiger partial charge in [-0.05, 0) is 40.0 Å². The van der Waals surface area contributed by atoms with E-state index in [0.29, 0.717) is 5.92 Å². The zero-order valence-electron chi connectivity index (χ0n) is 13.3. The molecule has 0 bridgehead atoms. The highest BCUT2D eigenvalue weighted by molar-refractivity contribution is 5.80. The summed E-state index contributed by atoms with van der Waals surface area (Å²) in [4.78, 5) is 23.4. The van der Waals surface area contributed by atoms with E-state index in [4.69, 9.17) is 4.74 Å². The normalized spacial score (nSPS) is 18.6. The summed E-state index contributed by atoms with van der Waals surface area (Å²) in [7, 11) is 0. The molecule has 0 unspecified atom stereocenters. The van der Waals surface area contributed by atoms with Crippen LogP contribution < -0.4 is 5.32 Å². The molecule has 1 rings (SSSR count). The fourth-order valence-electron chi connectivity index (χ4n) is 2.66. The summed E-state index contributed by atoms with van der Waals surface area (Å²) in [6.07, 6.45) is 6.94. The van der Waals surface area contributed by atoms with E-state index in [1.54, 1.807) is 0 Å². The summed E-state index contributed by atoms with van der Waals surface area (Å²) in [6.45, 7) is 7.37. The van der Waals surface area contributed by atoms with Crippen LogP contribution in [0.5, 0.6) is 0 Å². The van der Waals surface area contributed by atoms with Gasteiger partial charge in [0, 0.05) is 0 Å². The van der Waals surface area contributed by atoms with Crippen LogP contribution in [-0.2, 0) is 14.3 Å². The van der Waals surface area contributed by atoms with Crippen molar-refractivity contribution in [1.29, 1.82) is 0 Å². The molecular weight excluding hydrogens is 254 g/mol. The highest BCUT2D eigenvalue weighted by Gasteiger charge is 2.28. The van der Waals surface area contributed by atoms with Crippen LogP contribution >= 0.6 is 0 Å². The Kier molecular flexibility index (Phi) is 6.66. The molecule has 0 aliphatic heterocycles. The van der Waals surface area contributed by atoms with Crippen molar-refractivity contribution < 1.29 is 14.3 Å². The molecule has 116 valence electrons. The number of ketones is 1. The second-order valence-corrected chi connectivity index (χ2v) is 6.91. The van der Waals surface area contributed by atoms with Gasteiger partial charge in [0.25, 0.3) is 0 Å². The summed E-state index contributed by atoms with van der Waals surface area (Å²) >= 11 is 0. The Bertz CT molecular complexity index is 327. The smallest absolute Gasteiger partial charge is 0.323 e. The van der Waals surface area contributed by atoms with Gasteiger partial charge in [0.15, 0.2) is 0 Å². The number of esters is 1. The highest BCUT2D eigenvalue weighted by atomic mass is 16.6. The Morgan fingerprint density at radius 1 is 1.20 bits per heavy atom. The summed E-state index contributed by atoms with van der Waals surface area (Å²) in [5.41, 5.74) is -0.486. The van der Waals surface area contributed by atoms with E-state index < -0.39 is 5.60 Å². The van der Waals surface area contributed by atoms with Crippen molar-refractivity contribution in [2.75, 3.05) is 6.54 Å². The first kappa shape index (κ1) is 17.2. The standard InChI is InChI=1S/C16H29NO3/c1-12(18)11-17-14(15(19)20-16(2,3)4)10-13-8-6-5-7-9-13/h13-14,17H,5-11H2,1-4H3/t14-/m1/s1. The third kappa shape index (κ3) is 7.04. The van der Waals surface area contributed by atoms with Crippen molar-refractivity contribution in [3.63, 3.8) is 0 Å². The van der Waals surface area contributed by atoms with Crippen molar-refractivity contribution in [3.8, 4) is 0 Å². The predicted molar refractivity (Wildman–Crippen MR) is 79.5 cm³/mol. The molecule has 0 amide bonds. The first-order valence-corrected chi connectivity index (χ1v) is 7.73. The van der Waals surface area contributed by atoms with Crippen molar-refractivity contribution >= 4 is 11.8 Å². The van der Waals surface area contributed by atoms with Crippen LogP contribution in [0.3, 0.4) is 0 Å². The molecule has 0 spiro atoms. The lowest BCUT2D eigenvalue weighted by atomic mass is 9.84. The zero-order chi connectivity index (χ0) is 15.2. The van der Waals surface area contributed by atoms with Crippen LogP contribution in [0.15, 0.2) is 0 Å². The molecular formula is C16H29NO3.